The number of carbonyl (C=O) groups is 2. The highest BCUT2D eigenvalue weighted by molar-refractivity contribution is 5.97. The fourth-order valence-electron chi connectivity index (χ4n) is 2.56. The summed E-state index contributed by atoms with van der Waals surface area (Å²) in [5.74, 6) is 0.794. The van der Waals surface area contributed by atoms with Gasteiger partial charge in [0, 0.05) is 6.04 Å². The molecule has 138 valence electrons. The van der Waals surface area contributed by atoms with Gasteiger partial charge in [-0.1, -0.05) is 19.9 Å². The zero-order valence-electron chi connectivity index (χ0n) is 15.4. The first-order chi connectivity index (χ1) is 12.3. The normalized spacial score (nSPS) is 14.8. The Labute approximate surface area is 152 Å². The number of nitrogens with one attached hydrogen (secondary N) is 1. The maximum atomic E-state index is 12.3. The molecule has 1 N–H and O–H groups in total. The zero-order valence-corrected chi connectivity index (χ0v) is 15.4. The van der Waals surface area contributed by atoms with Crippen LogP contribution in [-0.2, 0) is 11.3 Å². The van der Waals surface area contributed by atoms with Crippen molar-refractivity contribution in [3.05, 3.63) is 41.6 Å². The van der Waals surface area contributed by atoms with Crippen molar-refractivity contribution in [1.82, 2.24) is 10.3 Å². The highest BCUT2D eigenvalue weighted by atomic mass is 16.5. The number of fused-ring (bicyclic) bond motifs is 1. The zero-order chi connectivity index (χ0) is 18.8. The van der Waals surface area contributed by atoms with Gasteiger partial charge < -0.3 is 14.5 Å². The molecule has 26 heavy (non-hydrogen) atoms. The minimum atomic E-state index is -0.286. The van der Waals surface area contributed by atoms with Crippen LogP contribution >= 0.6 is 0 Å². The van der Waals surface area contributed by atoms with Crippen molar-refractivity contribution in [2.24, 2.45) is 5.92 Å². The first-order valence-electron chi connectivity index (χ1n) is 8.64. The third kappa shape index (κ3) is 3.71. The molecule has 0 aliphatic carbocycles. The van der Waals surface area contributed by atoms with E-state index in [1.165, 1.54) is 6.26 Å². The van der Waals surface area contributed by atoms with E-state index in [1.807, 2.05) is 45.9 Å². The molecular weight excluding hydrogens is 334 g/mol. The molecule has 0 radical (unpaired) electrons. The Morgan fingerprint density at radius 2 is 2.12 bits per heavy atom. The van der Waals surface area contributed by atoms with E-state index >= 15 is 0 Å². The number of oxazole rings is 1. The highest BCUT2D eigenvalue weighted by Crippen LogP contribution is 2.33. The van der Waals surface area contributed by atoms with Crippen molar-refractivity contribution in [3.63, 3.8) is 0 Å². The molecule has 1 aliphatic heterocycles. The van der Waals surface area contributed by atoms with Crippen LogP contribution in [0.3, 0.4) is 0 Å². The van der Waals surface area contributed by atoms with Gasteiger partial charge in [-0.15, -0.1) is 0 Å². The van der Waals surface area contributed by atoms with Gasteiger partial charge in [0.25, 0.3) is 11.8 Å². The number of ether oxygens (including phenoxy) is 1. The number of hydrogen-bond donors (Lipinski definition) is 1. The van der Waals surface area contributed by atoms with Crippen molar-refractivity contribution in [2.45, 2.75) is 40.3 Å². The predicted octanol–water partition coefficient (Wildman–Crippen LogP) is 2.68. The molecule has 0 bridgehead atoms. The van der Waals surface area contributed by atoms with Crippen molar-refractivity contribution >= 4 is 17.5 Å². The molecule has 2 amide bonds. The molecule has 0 saturated heterocycles. The maximum Gasteiger partial charge on any atom is 0.273 e. The van der Waals surface area contributed by atoms with Crippen molar-refractivity contribution in [3.8, 4) is 5.75 Å². The SMILES string of the molecule is Cc1ccc2c(c1)N(Cc1nc(C(=O)NC(C)C(C)C)co1)C(=O)CO2. The van der Waals surface area contributed by atoms with E-state index in [4.69, 9.17) is 9.15 Å². The van der Waals surface area contributed by atoms with Crippen molar-refractivity contribution in [2.75, 3.05) is 11.5 Å². The molecule has 2 aromatic rings. The summed E-state index contributed by atoms with van der Waals surface area (Å²) in [7, 11) is 0. The first kappa shape index (κ1) is 18.0. The van der Waals surface area contributed by atoms with E-state index in [0.29, 0.717) is 23.2 Å². The Morgan fingerprint density at radius 3 is 2.85 bits per heavy atom. The van der Waals surface area contributed by atoms with Gasteiger partial charge in [0.15, 0.2) is 12.3 Å². The number of benzene rings is 1. The molecule has 1 aromatic carbocycles. The van der Waals surface area contributed by atoms with Crippen LogP contribution < -0.4 is 15.0 Å². The summed E-state index contributed by atoms with van der Waals surface area (Å²) in [6.07, 6.45) is 1.32. The molecule has 0 spiro atoms. The summed E-state index contributed by atoms with van der Waals surface area (Å²) in [4.78, 5) is 30.3. The number of rotatable bonds is 5. The van der Waals surface area contributed by atoms with Crippen LogP contribution in [0.2, 0.25) is 0 Å². The van der Waals surface area contributed by atoms with E-state index in [1.54, 1.807) is 4.90 Å². The van der Waals surface area contributed by atoms with Gasteiger partial charge in [0.2, 0.25) is 5.89 Å². The second-order valence-electron chi connectivity index (χ2n) is 6.87. The Kier molecular flexibility index (Phi) is 4.97. The molecule has 7 nitrogen and oxygen atoms in total. The van der Waals surface area contributed by atoms with Gasteiger partial charge in [-0.3, -0.25) is 14.5 Å². The summed E-state index contributed by atoms with van der Waals surface area (Å²) in [6.45, 7) is 8.06. The number of nitrogens with zero attached hydrogens (tertiary/aromatic N) is 2. The van der Waals surface area contributed by atoms with Crippen molar-refractivity contribution in [1.29, 1.82) is 0 Å². The molecule has 1 aliphatic rings. The van der Waals surface area contributed by atoms with Crippen LogP contribution in [0.1, 0.15) is 42.7 Å². The molecular formula is C19H23N3O4. The summed E-state index contributed by atoms with van der Waals surface area (Å²) >= 11 is 0. The summed E-state index contributed by atoms with van der Waals surface area (Å²) in [6, 6.07) is 5.67. The fraction of sp³-hybridized carbons (Fsp3) is 0.421. The third-order valence-electron chi connectivity index (χ3n) is 4.49. The molecule has 0 saturated carbocycles. The first-order valence-corrected chi connectivity index (χ1v) is 8.64. The van der Waals surface area contributed by atoms with Crippen LogP contribution in [0, 0.1) is 12.8 Å². The van der Waals surface area contributed by atoms with Gasteiger partial charge in [0.1, 0.15) is 18.6 Å². The lowest BCUT2D eigenvalue weighted by atomic mass is 10.1. The summed E-state index contributed by atoms with van der Waals surface area (Å²) in [5, 5.41) is 2.88. The Morgan fingerprint density at radius 1 is 1.35 bits per heavy atom. The van der Waals surface area contributed by atoms with Gasteiger partial charge in [-0.05, 0) is 37.5 Å². The van der Waals surface area contributed by atoms with E-state index in [0.717, 1.165) is 5.56 Å². The van der Waals surface area contributed by atoms with Crippen LogP contribution in [-0.4, -0.2) is 29.4 Å². The monoisotopic (exact) mass is 357 g/mol. The number of aryl methyl sites for hydroxylation is 1. The Hall–Kier alpha value is -2.83. The van der Waals surface area contributed by atoms with E-state index in [-0.39, 0.29) is 36.7 Å². The molecule has 1 unspecified atom stereocenters. The smallest absolute Gasteiger partial charge is 0.273 e. The lowest BCUT2D eigenvalue weighted by molar-refractivity contribution is -0.121. The minimum absolute atomic E-state index is 0.0262. The molecule has 0 fully saturated rings. The standard InChI is InChI=1S/C19H23N3O4/c1-11(2)13(4)20-19(24)14-9-26-17(21-14)8-22-15-7-12(3)5-6-16(15)25-10-18(22)23/h5-7,9,11,13H,8,10H2,1-4H3,(H,20,24). The lowest BCUT2D eigenvalue weighted by Gasteiger charge is -2.28. The van der Waals surface area contributed by atoms with Crippen LogP contribution in [0.15, 0.2) is 28.9 Å². The molecule has 3 rings (SSSR count). The molecule has 7 heteroatoms. The quantitative estimate of drug-likeness (QED) is 0.889. The number of carbonyl (C=O) groups excluding carboxylic acids is 2. The van der Waals surface area contributed by atoms with Crippen LogP contribution in [0.25, 0.3) is 0 Å². The minimum Gasteiger partial charge on any atom is -0.482 e. The average molecular weight is 357 g/mol. The van der Waals surface area contributed by atoms with E-state index in [2.05, 4.69) is 10.3 Å². The Bertz CT molecular complexity index is 828. The van der Waals surface area contributed by atoms with Gasteiger partial charge in [-0.25, -0.2) is 4.98 Å². The third-order valence-corrected chi connectivity index (χ3v) is 4.49. The van der Waals surface area contributed by atoms with E-state index in [9.17, 15) is 9.59 Å². The maximum absolute atomic E-state index is 12.3. The predicted molar refractivity (Wildman–Crippen MR) is 96.1 cm³/mol. The Balaban J connectivity index is 1.76. The van der Waals surface area contributed by atoms with Crippen LogP contribution in [0.5, 0.6) is 5.75 Å². The lowest BCUT2D eigenvalue weighted by Crippen LogP contribution is -2.38. The van der Waals surface area contributed by atoms with Crippen molar-refractivity contribution < 1.29 is 18.7 Å². The second kappa shape index (κ2) is 7.19. The number of aromatic nitrogens is 1. The summed E-state index contributed by atoms with van der Waals surface area (Å²) in [5.41, 5.74) is 1.90. The van der Waals surface area contributed by atoms with Crippen LogP contribution in [0.4, 0.5) is 5.69 Å². The van der Waals surface area contributed by atoms with E-state index < -0.39 is 0 Å². The molecule has 1 atom stereocenters. The highest BCUT2D eigenvalue weighted by Gasteiger charge is 2.27. The number of amides is 2. The average Bonchev–Trinajstić information content (AvgIpc) is 3.06. The number of hydrogen-bond acceptors (Lipinski definition) is 5. The largest absolute Gasteiger partial charge is 0.482 e. The van der Waals surface area contributed by atoms with Gasteiger partial charge in [-0.2, -0.15) is 0 Å². The molecule has 2 heterocycles. The topological polar surface area (TPSA) is 84.7 Å². The fourth-order valence-corrected chi connectivity index (χ4v) is 2.56. The van der Waals surface area contributed by atoms with Gasteiger partial charge in [0.05, 0.1) is 5.69 Å². The second-order valence-corrected chi connectivity index (χ2v) is 6.87. The summed E-state index contributed by atoms with van der Waals surface area (Å²) < 4.78 is 10.9. The molecule has 1 aromatic heterocycles. The number of anilines is 1. The van der Waals surface area contributed by atoms with Gasteiger partial charge >= 0.3 is 0 Å².